The van der Waals surface area contributed by atoms with E-state index >= 15 is 0 Å². The molecule has 1 aliphatic heterocycles. The van der Waals surface area contributed by atoms with Crippen LogP contribution in [0.15, 0.2) is 89.5 Å². The molecule has 282 valence electrons. The fourth-order valence-corrected chi connectivity index (χ4v) is 8.55. The maximum Gasteiger partial charge on any atom is 0.409 e. The number of hydrogen-bond donors (Lipinski definition) is 2. The minimum atomic E-state index is -1.34. The number of nitrogens with zero attached hydrogens (tertiary/aromatic N) is 2. The third-order valence-corrected chi connectivity index (χ3v) is 11.2. The fraction of sp³-hybridized carbons (Fsp3) is 0.512. The molecule has 2 aliphatic carbocycles. The first-order valence-corrected chi connectivity index (χ1v) is 19.5. The van der Waals surface area contributed by atoms with Crippen LogP contribution in [-0.4, -0.2) is 85.6 Å². The molecule has 0 spiro atoms. The largest absolute Gasteiger partial charge is 0.459 e. The van der Waals surface area contributed by atoms with Crippen LogP contribution >= 0.6 is 11.8 Å². The van der Waals surface area contributed by atoms with Crippen LogP contribution in [0.1, 0.15) is 62.8 Å². The van der Waals surface area contributed by atoms with Gasteiger partial charge in [-0.05, 0) is 98.2 Å². The number of thioether (sulfide) groups is 1. The number of aliphatic hydroxyl groups excluding tert-OH is 2. The van der Waals surface area contributed by atoms with E-state index in [0.29, 0.717) is 37.2 Å². The Balaban J connectivity index is 1.71. The van der Waals surface area contributed by atoms with E-state index in [1.807, 2.05) is 42.7 Å². The van der Waals surface area contributed by atoms with Gasteiger partial charge in [-0.1, -0.05) is 36.2 Å². The van der Waals surface area contributed by atoms with Crippen LogP contribution in [0.3, 0.4) is 0 Å². The molecule has 52 heavy (non-hydrogen) atoms. The van der Waals surface area contributed by atoms with Crippen molar-refractivity contribution in [1.82, 2.24) is 4.90 Å². The van der Waals surface area contributed by atoms with Gasteiger partial charge in [0.2, 0.25) is 5.79 Å². The number of hydrogen-bond acceptors (Lipinski definition) is 10. The summed E-state index contributed by atoms with van der Waals surface area (Å²) >= 11 is 1.68. The molecule has 3 aliphatic rings. The summed E-state index contributed by atoms with van der Waals surface area (Å²) < 4.78 is 26.1. The zero-order chi connectivity index (χ0) is 37.1. The van der Waals surface area contributed by atoms with E-state index in [-0.39, 0.29) is 44.2 Å². The Labute approximate surface area is 312 Å². The van der Waals surface area contributed by atoms with Gasteiger partial charge in [0.25, 0.3) is 0 Å². The van der Waals surface area contributed by atoms with Gasteiger partial charge in [-0.15, -0.1) is 24.9 Å². The number of allylic oxidation sites excluding steroid dienone is 1. The molecular formula is C41H54N2O8S. The average molecular weight is 735 g/mol. The topological polar surface area (TPSA) is 119 Å². The molecular weight excluding hydrogens is 681 g/mol. The maximum absolute atomic E-state index is 13.7. The molecule has 1 fully saturated rings. The summed E-state index contributed by atoms with van der Waals surface area (Å²) in [6, 6.07) is 13.3. The molecule has 1 heterocycles. The number of rotatable bonds is 19. The summed E-state index contributed by atoms with van der Waals surface area (Å²) in [6.07, 6.45) is 12.9. The second-order valence-electron chi connectivity index (χ2n) is 13.5. The van der Waals surface area contributed by atoms with E-state index in [1.165, 1.54) is 7.11 Å². The minimum Gasteiger partial charge on any atom is -0.459 e. The normalized spacial score (nSPS) is 25.2. The second-order valence-corrected chi connectivity index (χ2v) is 14.4. The van der Waals surface area contributed by atoms with Gasteiger partial charge >= 0.3 is 6.09 Å². The van der Waals surface area contributed by atoms with Crippen molar-refractivity contribution >= 4 is 23.6 Å². The molecule has 1 saturated carbocycles. The highest BCUT2D eigenvalue weighted by atomic mass is 32.2. The summed E-state index contributed by atoms with van der Waals surface area (Å²) in [6.45, 7) is 8.33. The molecule has 2 N–H and O–H groups in total. The molecule has 0 aromatic heterocycles. The summed E-state index contributed by atoms with van der Waals surface area (Å²) in [7, 11) is 3.25. The number of ether oxygens (including phenoxy) is 4. The van der Waals surface area contributed by atoms with Gasteiger partial charge in [0.05, 0.1) is 24.8 Å². The smallest absolute Gasteiger partial charge is 0.409 e. The second kappa shape index (κ2) is 18.8. The third-order valence-electron chi connectivity index (χ3n) is 10.4. The summed E-state index contributed by atoms with van der Waals surface area (Å²) in [5.41, 5.74) is 2.68. The number of oxime groups is 1. The first-order chi connectivity index (χ1) is 25.3. The van der Waals surface area contributed by atoms with Gasteiger partial charge in [-0.3, -0.25) is 0 Å². The number of benzene rings is 2. The molecule has 6 atom stereocenters. The van der Waals surface area contributed by atoms with Crippen LogP contribution in [0.2, 0.25) is 0 Å². The minimum absolute atomic E-state index is 0.108. The number of fused-ring (bicyclic) bond motifs is 2. The first kappa shape index (κ1) is 39.4. The SMILES string of the molecule is C=CCCOC(=O)N(C)C1CC(=NOC)C2=CC(CCCCO)C(CCCCO)C3c4cc(Oc5ccc(SC)cc5)ccc4OC1(OCC=C)C23. The lowest BCUT2D eigenvalue weighted by atomic mass is 9.55. The van der Waals surface area contributed by atoms with E-state index in [1.54, 1.807) is 35.9 Å². The Morgan fingerprint density at radius 2 is 1.79 bits per heavy atom. The molecule has 2 aromatic carbocycles. The molecule has 0 radical (unpaired) electrons. The number of unbranched alkanes of at least 4 members (excludes halogenated alkanes) is 2. The highest BCUT2D eigenvalue weighted by Gasteiger charge is 2.65. The predicted molar refractivity (Wildman–Crippen MR) is 204 cm³/mol. The van der Waals surface area contributed by atoms with Crippen molar-refractivity contribution in [2.75, 3.05) is 46.8 Å². The van der Waals surface area contributed by atoms with Gasteiger partial charge in [-0.25, -0.2) is 4.79 Å². The number of carbonyl (C=O) groups excluding carboxylic acids is 1. The molecule has 6 unspecified atom stereocenters. The van der Waals surface area contributed by atoms with Crippen molar-refractivity contribution in [3.63, 3.8) is 0 Å². The lowest BCUT2D eigenvalue weighted by Crippen LogP contribution is -2.69. The standard InChI is InChI=1S/C41H54N2O8S/c1-6-8-24-48-40(46)43(3)37-27-35(42-47-4)33-25-28(13-9-11-21-44)32(14-10-12-22-45)38-34-26-30(50-29-15-18-31(52-5)19-16-29)17-20-36(34)51-41(37,39(33)38)49-23-7-2/h6-7,15-20,25-26,28,32,37-39,44-45H,1-2,8-14,21-24,27H2,3-5H3. The monoisotopic (exact) mass is 734 g/mol. The third kappa shape index (κ3) is 8.54. The fourth-order valence-electron chi connectivity index (χ4n) is 8.14. The molecule has 10 nitrogen and oxygen atoms in total. The van der Waals surface area contributed by atoms with Crippen LogP contribution in [-0.2, 0) is 14.3 Å². The summed E-state index contributed by atoms with van der Waals surface area (Å²) in [5, 5.41) is 24.1. The van der Waals surface area contributed by atoms with Crippen LogP contribution in [0.25, 0.3) is 0 Å². The predicted octanol–water partition coefficient (Wildman–Crippen LogP) is 8.11. The van der Waals surface area contributed by atoms with Crippen molar-refractivity contribution in [3.8, 4) is 17.2 Å². The van der Waals surface area contributed by atoms with Gasteiger partial charge in [0.1, 0.15) is 30.4 Å². The Hall–Kier alpha value is -3.77. The van der Waals surface area contributed by atoms with E-state index < -0.39 is 23.8 Å². The van der Waals surface area contributed by atoms with Crippen LogP contribution in [0, 0.1) is 17.8 Å². The van der Waals surface area contributed by atoms with Crippen molar-refractivity contribution in [3.05, 3.63) is 85.0 Å². The molecule has 11 heteroatoms. The van der Waals surface area contributed by atoms with Gasteiger partial charge in [0.15, 0.2) is 0 Å². The van der Waals surface area contributed by atoms with Crippen molar-refractivity contribution in [2.24, 2.45) is 22.9 Å². The Bertz CT molecular complexity index is 1580. The Morgan fingerprint density at radius 1 is 1.06 bits per heavy atom. The quantitative estimate of drug-likeness (QED) is 0.0639. The molecule has 5 rings (SSSR count). The van der Waals surface area contributed by atoms with Crippen LogP contribution in [0.5, 0.6) is 17.2 Å². The number of likely N-dealkylation sites (N-methyl/N-ethyl adjacent to an activating group) is 1. The number of carbonyl (C=O) groups is 1. The van der Waals surface area contributed by atoms with Crippen molar-refractivity contribution < 1.29 is 38.8 Å². The molecule has 0 saturated heterocycles. The lowest BCUT2D eigenvalue weighted by Gasteiger charge is -2.59. The highest BCUT2D eigenvalue weighted by Crippen LogP contribution is 2.62. The van der Waals surface area contributed by atoms with E-state index in [9.17, 15) is 15.0 Å². The van der Waals surface area contributed by atoms with Gasteiger partial charge in [-0.2, -0.15) is 0 Å². The highest BCUT2D eigenvalue weighted by molar-refractivity contribution is 7.98. The van der Waals surface area contributed by atoms with Crippen molar-refractivity contribution in [2.45, 2.75) is 74.0 Å². The van der Waals surface area contributed by atoms with Crippen molar-refractivity contribution in [1.29, 1.82) is 0 Å². The zero-order valence-electron chi connectivity index (χ0n) is 30.7. The molecule has 1 amide bonds. The summed E-state index contributed by atoms with van der Waals surface area (Å²) in [5.74, 6) is 0.421. The first-order valence-electron chi connectivity index (χ1n) is 18.3. The van der Waals surface area contributed by atoms with E-state index in [0.717, 1.165) is 53.2 Å². The number of amides is 1. The Kier molecular flexibility index (Phi) is 14.3. The van der Waals surface area contributed by atoms with E-state index in [2.05, 4.69) is 30.5 Å². The lowest BCUT2D eigenvalue weighted by molar-refractivity contribution is -0.253. The van der Waals surface area contributed by atoms with Crippen LogP contribution in [0.4, 0.5) is 4.79 Å². The number of aliphatic hydroxyl groups is 2. The molecule has 0 bridgehead atoms. The molecule has 2 aromatic rings. The zero-order valence-corrected chi connectivity index (χ0v) is 31.5. The average Bonchev–Trinajstić information content (AvgIpc) is 3.16. The van der Waals surface area contributed by atoms with Crippen LogP contribution < -0.4 is 9.47 Å². The van der Waals surface area contributed by atoms with Gasteiger partial charge < -0.3 is 38.9 Å². The summed E-state index contributed by atoms with van der Waals surface area (Å²) in [4.78, 5) is 21.8. The van der Waals surface area contributed by atoms with E-state index in [4.69, 9.17) is 23.8 Å². The maximum atomic E-state index is 13.7. The van der Waals surface area contributed by atoms with Gasteiger partial charge in [0, 0.05) is 43.1 Å². The Morgan fingerprint density at radius 3 is 2.46 bits per heavy atom.